The van der Waals surface area contributed by atoms with Gasteiger partial charge in [-0.05, 0) is 23.6 Å². The summed E-state index contributed by atoms with van der Waals surface area (Å²) in [7, 11) is 0. The first-order valence-corrected chi connectivity index (χ1v) is 11.5. The number of carbonyl (C=O) groups is 2. The van der Waals surface area contributed by atoms with Crippen LogP contribution in [-0.2, 0) is 17.5 Å². The Balaban J connectivity index is 1.23. The van der Waals surface area contributed by atoms with Gasteiger partial charge < -0.3 is 14.7 Å². The van der Waals surface area contributed by atoms with Crippen LogP contribution in [0.2, 0.25) is 0 Å². The maximum absolute atomic E-state index is 12.9. The van der Waals surface area contributed by atoms with E-state index in [2.05, 4.69) is 15.5 Å². The monoisotopic (exact) mass is 493 g/mol. The van der Waals surface area contributed by atoms with Crippen molar-refractivity contribution in [2.45, 2.75) is 19.1 Å². The van der Waals surface area contributed by atoms with Crippen LogP contribution < -0.4 is 5.32 Å². The summed E-state index contributed by atoms with van der Waals surface area (Å²) in [6, 6.07) is 8.30. The number of alkyl halides is 3. The van der Waals surface area contributed by atoms with E-state index in [1.165, 1.54) is 23.5 Å². The lowest BCUT2D eigenvalue weighted by Crippen LogP contribution is -2.48. The van der Waals surface area contributed by atoms with Crippen molar-refractivity contribution in [1.29, 1.82) is 0 Å². The Morgan fingerprint density at radius 2 is 1.91 bits per heavy atom. The Hall–Kier alpha value is -3.25. The highest BCUT2D eigenvalue weighted by Crippen LogP contribution is 2.31. The van der Waals surface area contributed by atoms with Crippen LogP contribution in [0.4, 0.5) is 13.2 Å². The van der Waals surface area contributed by atoms with E-state index in [1.54, 1.807) is 17.0 Å². The largest absolute Gasteiger partial charge is 0.416 e. The minimum absolute atomic E-state index is 0.0317. The molecule has 1 aliphatic rings. The summed E-state index contributed by atoms with van der Waals surface area (Å²) < 4.78 is 44.0. The second kappa shape index (κ2) is 10.3. The predicted molar refractivity (Wildman–Crippen MR) is 118 cm³/mol. The van der Waals surface area contributed by atoms with E-state index >= 15 is 0 Å². The molecule has 1 saturated heterocycles. The number of nitrogens with one attached hydrogen (secondary N) is 1. The first-order valence-electron chi connectivity index (χ1n) is 10.6. The second-order valence-corrected chi connectivity index (χ2v) is 8.68. The normalized spacial score (nSPS) is 14.9. The molecule has 0 saturated carbocycles. The molecule has 1 N–H and O–H groups in total. The lowest BCUT2D eigenvalue weighted by molar-refractivity contribution is -0.137. The van der Waals surface area contributed by atoms with Crippen molar-refractivity contribution in [2.24, 2.45) is 0 Å². The summed E-state index contributed by atoms with van der Waals surface area (Å²) in [4.78, 5) is 33.0. The minimum Gasteiger partial charge on any atom is -0.351 e. The molecule has 0 radical (unpaired) electrons. The van der Waals surface area contributed by atoms with Gasteiger partial charge in [0.1, 0.15) is 0 Å². The molecule has 1 aromatic carbocycles. The van der Waals surface area contributed by atoms with Gasteiger partial charge in [-0.3, -0.25) is 14.5 Å². The zero-order valence-electron chi connectivity index (χ0n) is 18.0. The van der Waals surface area contributed by atoms with Crippen molar-refractivity contribution in [1.82, 2.24) is 25.3 Å². The number of thiophene rings is 1. The van der Waals surface area contributed by atoms with Crippen LogP contribution >= 0.6 is 11.3 Å². The van der Waals surface area contributed by atoms with Crippen LogP contribution in [0.3, 0.4) is 0 Å². The third-order valence-corrected chi connectivity index (χ3v) is 6.24. The standard InChI is InChI=1S/C22H22F3N5O3S/c23-22(24,25)16-4-1-3-15(13-16)20-27-18(33-28-20)14-29-8-10-30(11-9-29)19(31)6-7-26-21(32)17-5-2-12-34-17/h1-5,12-13H,6-11,14H2,(H,26,32). The number of nitrogens with zero attached hydrogens (tertiary/aromatic N) is 4. The third-order valence-electron chi connectivity index (χ3n) is 5.37. The van der Waals surface area contributed by atoms with E-state index in [9.17, 15) is 22.8 Å². The van der Waals surface area contributed by atoms with Crippen molar-refractivity contribution in [2.75, 3.05) is 32.7 Å². The second-order valence-electron chi connectivity index (χ2n) is 7.73. The molecule has 3 aromatic rings. The topological polar surface area (TPSA) is 91.6 Å². The highest BCUT2D eigenvalue weighted by molar-refractivity contribution is 7.12. The lowest BCUT2D eigenvalue weighted by atomic mass is 10.1. The molecule has 0 spiro atoms. The van der Waals surface area contributed by atoms with Gasteiger partial charge in [0.2, 0.25) is 17.6 Å². The maximum Gasteiger partial charge on any atom is 0.416 e. The van der Waals surface area contributed by atoms with E-state index in [1.807, 2.05) is 10.3 Å². The summed E-state index contributed by atoms with van der Waals surface area (Å²) in [5, 5.41) is 8.37. The molecule has 1 aliphatic heterocycles. The van der Waals surface area contributed by atoms with Crippen molar-refractivity contribution in [3.05, 3.63) is 58.1 Å². The van der Waals surface area contributed by atoms with E-state index in [0.29, 0.717) is 43.5 Å². The molecule has 0 aliphatic carbocycles. The van der Waals surface area contributed by atoms with Gasteiger partial charge in [0.15, 0.2) is 0 Å². The zero-order valence-corrected chi connectivity index (χ0v) is 18.9. The SMILES string of the molecule is O=C(NCCC(=O)N1CCN(Cc2nc(-c3cccc(C(F)(F)F)c3)no2)CC1)c1cccs1. The molecule has 1 fully saturated rings. The van der Waals surface area contributed by atoms with Gasteiger partial charge in [-0.15, -0.1) is 11.3 Å². The number of amides is 2. The van der Waals surface area contributed by atoms with Gasteiger partial charge >= 0.3 is 6.18 Å². The molecule has 2 aromatic heterocycles. The first kappa shape index (κ1) is 23.9. The van der Waals surface area contributed by atoms with E-state index in [0.717, 1.165) is 12.1 Å². The Labute approximate surface area is 197 Å². The minimum atomic E-state index is -4.45. The molecule has 3 heterocycles. The number of carbonyl (C=O) groups excluding carboxylic acids is 2. The van der Waals surface area contributed by atoms with Crippen LogP contribution in [0.25, 0.3) is 11.4 Å². The fourth-order valence-corrected chi connectivity index (χ4v) is 4.19. The molecular weight excluding hydrogens is 471 g/mol. The molecule has 8 nitrogen and oxygen atoms in total. The van der Waals surface area contributed by atoms with Crippen LogP contribution in [0.1, 0.15) is 27.5 Å². The fraction of sp³-hybridized carbons (Fsp3) is 0.364. The number of piperazine rings is 1. The van der Waals surface area contributed by atoms with E-state index < -0.39 is 11.7 Å². The summed E-state index contributed by atoms with van der Waals surface area (Å²) in [6.45, 7) is 2.84. The van der Waals surface area contributed by atoms with Crippen LogP contribution in [0.5, 0.6) is 0 Å². The molecule has 180 valence electrons. The van der Waals surface area contributed by atoms with Gasteiger partial charge in [-0.25, -0.2) is 0 Å². The Bertz CT molecular complexity index is 1130. The molecule has 0 bridgehead atoms. The van der Waals surface area contributed by atoms with Gasteiger partial charge in [0.25, 0.3) is 5.91 Å². The fourth-order valence-electron chi connectivity index (χ4n) is 3.55. The van der Waals surface area contributed by atoms with Crippen LogP contribution in [0, 0.1) is 0 Å². The smallest absolute Gasteiger partial charge is 0.351 e. The first-order chi connectivity index (χ1) is 16.3. The maximum atomic E-state index is 12.9. The molecule has 0 unspecified atom stereocenters. The Morgan fingerprint density at radius 1 is 1.12 bits per heavy atom. The number of hydrogen-bond donors (Lipinski definition) is 1. The highest BCUT2D eigenvalue weighted by Gasteiger charge is 2.31. The highest BCUT2D eigenvalue weighted by atomic mass is 32.1. The lowest BCUT2D eigenvalue weighted by Gasteiger charge is -2.34. The summed E-state index contributed by atoms with van der Waals surface area (Å²) >= 11 is 1.35. The number of rotatable bonds is 7. The summed E-state index contributed by atoms with van der Waals surface area (Å²) in [5.74, 6) is 0.176. The van der Waals surface area contributed by atoms with Crippen molar-refractivity contribution < 1.29 is 27.3 Å². The summed E-state index contributed by atoms with van der Waals surface area (Å²) in [6.07, 6.45) is -4.23. The number of halogens is 3. The molecule has 12 heteroatoms. The third kappa shape index (κ3) is 6.00. The molecular formula is C22H22F3N5O3S. The van der Waals surface area contributed by atoms with Crippen molar-refractivity contribution >= 4 is 23.2 Å². The predicted octanol–water partition coefficient (Wildman–Crippen LogP) is 3.28. The van der Waals surface area contributed by atoms with E-state index in [-0.39, 0.29) is 36.2 Å². The number of benzene rings is 1. The van der Waals surface area contributed by atoms with Gasteiger partial charge in [0.05, 0.1) is 17.0 Å². The van der Waals surface area contributed by atoms with Gasteiger partial charge in [-0.2, -0.15) is 18.2 Å². The van der Waals surface area contributed by atoms with Crippen molar-refractivity contribution in [3.8, 4) is 11.4 Å². The number of aromatic nitrogens is 2. The summed E-state index contributed by atoms with van der Waals surface area (Å²) in [5.41, 5.74) is -0.547. The van der Waals surface area contributed by atoms with Gasteiger partial charge in [0, 0.05) is 44.7 Å². The van der Waals surface area contributed by atoms with Gasteiger partial charge in [-0.1, -0.05) is 23.4 Å². The number of hydrogen-bond acceptors (Lipinski definition) is 7. The quantitative estimate of drug-likeness (QED) is 0.543. The Morgan fingerprint density at radius 3 is 2.62 bits per heavy atom. The average Bonchev–Trinajstić information content (AvgIpc) is 3.52. The average molecular weight is 494 g/mol. The van der Waals surface area contributed by atoms with Crippen molar-refractivity contribution in [3.63, 3.8) is 0 Å². The van der Waals surface area contributed by atoms with Crippen LogP contribution in [0.15, 0.2) is 46.3 Å². The van der Waals surface area contributed by atoms with Crippen LogP contribution in [-0.4, -0.2) is 64.5 Å². The Kier molecular flexibility index (Phi) is 7.27. The zero-order chi connectivity index (χ0) is 24.1. The molecule has 34 heavy (non-hydrogen) atoms. The molecule has 2 amide bonds. The molecule has 0 atom stereocenters. The van der Waals surface area contributed by atoms with E-state index in [4.69, 9.17) is 4.52 Å². The molecule has 4 rings (SSSR count).